The van der Waals surface area contributed by atoms with E-state index >= 15 is 0 Å². The Kier molecular flexibility index (Phi) is 9.38. The molecule has 182 valence electrons. The Bertz CT molecular complexity index is 1350. The van der Waals surface area contributed by atoms with Gasteiger partial charge in [-0.25, -0.2) is 9.38 Å². The van der Waals surface area contributed by atoms with Gasteiger partial charge in [-0.1, -0.05) is 70.9 Å². The minimum atomic E-state index is -0.471. The molecule has 3 N–H and O–H groups in total. The third-order valence-corrected chi connectivity index (χ3v) is 6.35. The van der Waals surface area contributed by atoms with Gasteiger partial charge in [0.05, 0.1) is 6.54 Å². The highest BCUT2D eigenvalue weighted by Gasteiger charge is 2.16. The number of aliphatic imine (C=N–C) groups is 1. The average Bonchev–Trinajstić information content (AvgIpc) is 2.81. The Morgan fingerprint density at radius 3 is 2.69 bits per heavy atom. The second kappa shape index (κ2) is 12.5. The number of nitrogens with one attached hydrogen (secondary N) is 1. The van der Waals surface area contributed by atoms with Gasteiger partial charge in [0, 0.05) is 15.6 Å². The summed E-state index contributed by atoms with van der Waals surface area (Å²) in [5.41, 5.74) is 9.95. The molecular formula is C29H31BrFN3O. The lowest BCUT2D eigenvalue weighted by Crippen LogP contribution is -2.37. The zero-order valence-electron chi connectivity index (χ0n) is 20.4. The van der Waals surface area contributed by atoms with E-state index in [-0.39, 0.29) is 11.5 Å². The molecule has 0 radical (unpaired) electrons. The summed E-state index contributed by atoms with van der Waals surface area (Å²) in [6, 6.07) is 8.62. The molecule has 0 spiro atoms. The molecule has 4 nitrogen and oxygen atoms in total. The van der Waals surface area contributed by atoms with Crippen LogP contribution >= 0.6 is 15.9 Å². The van der Waals surface area contributed by atoms with Gasteiger partial charge in [-0.05, 0) is 78.9 Å². The molecule has 2 aromatic rings. The van der Waals surface area contributed by atoms with E-state index in [4.69, 9.17) is 5.73 Å². The summed E-state index contributed by atoms with van der Waals surface area (Å²) in [5, 5.41) is 4.94. The fourth-order valence-corrected chi connectivity index (χ4v) is 4.27. The number of rotatable bonds is 9. The summed E-state index contributed by atoms with van der Waals surface area (Å²) in [4.78, 5) is 17.3. The summed E-state index contributed by atoms with van der Waals surface area (Å²) in [6.07, 6.45) is 14.0. The fraction of sp³-hybridized carbons (Fsp3) is 0.241. The molecule has 3 rings (SSSR count). The van der Waals surface area contributed by atoms with Crippen molar-refractivity contribution in [1.82, 2.24) is 5.32 Å². The topological polar surface area (TPSA) is 67.5 Å². The van der Waals surface area contributed by atoms with Crippen LogP contribution in [0, 0.1) is 5.82 Å². The number of hydrogen-bond acceptors (Lipinski definition) is 2. The van der Waals surface area contributed by atoms with Gasteiger partial charge in [0.2, 0.25) is 0 Å². The number of benzene rings is 2. The maximum absolute atomic E-state index is 14.8. The Labute approximate surface area is 214 Å². The number of halogens is 2. The molecule has 6 heteroatoms. The first-order chi connectivity index (χ1) is 16.8. The van der Waals surface area contributed by atoms with Gasteiger partial charge in [0.1, 0.15) is 5.82 Å². The van der Waals surface area contributed by atoms with Crippen molar-refractivity contribution in [1.29, 1.82) is 0 Å². The van der Waals surface area contributed by atoms with Crippen molar-refractivity contribution in [2.24, 2.45) is 10.7 Å². The zero-order chi connectivity index (χ0) is 25.4. The Morgan fingerprint density at radius 2 is 2.00 bits per heavy atom. The molecule has 0 bridgehead atoms. The highest BCUT2D eigenvalue weighted by Crippen LogP contribution is 2.17. The molecule has 0 aliphatic heterocycles. The third kappa shape index (κ3) is 7.12. The largest absolute Gasteiger partial charge is 0.370 e. The van der Waals surface area contributed by atoms with Gasteiger partial charge in [-0.3, -0.25) is 10.1 Å². The number of nitrogens with two attached hydrogens (primary N) is 1. The maximum Gasteiger partial charge on any atom is 0.258 e. The molecule has 0 unspecified atom stereocenters. The summed E-state index contributed by atoms with van der Waals surface area (Å²) < 4.78 is 15.7. The number of nitrogens with zero attached hydrogens (tertiary/aromatic N) is 1. The number of guanidine groups is 1. The highest BCUT2D eigenvalue weighted by atomic mass is 79.9. The van der Waals surface area contributed by atoms with Crippen molar-refractivity contribution in [3.8, 4) is 0 Å². The lowest BCUT2D eigenvalue weighted by molar-refractivity contribution is 0.0975. The predicted molar refractivity (Wildman–Crippen MR) is 147 cm³/mol. The van der Waals surface area contributed by atoms with E-state index in [0.717, 1.165) is 27.2 Å². The fourth-order valence-electron chi connectivity index (χ4n) is 3.75. The Balaban J connectivity index is 1.73. The highest BCUT2D eigenvalue weighted by molar-refractivity contribution is 9.10. The smallest absolute Gasteiger partial charge is 0.258 e. The van der Waals surface area contributed by atoms with Crippen molar-refractivity contribution in [3.63, 3.8) is 0 Å². The summed E-state index contributed by atoms with van der Waals surface area (Å²) in [7, 11) is 0. The number of aryl methyl sites for hydroxylation is 1. The molecule has 1 aliphatic rings. The lowest BCUT2D eigenvalue weighted by Gasteiger charge is -2.13. The molecule has 0 fully saturated rings. The van der Waals surface area contributed by atoms with E-state index in [0.29, 0.717) is 24.9 Å². The minimum absolute atomic E-state index is 0.00438. The van der Waals surface area contributed by atoms with Gasteiger partial charge < -0.3 is 5.73 Å². The molecule has 2 aromatic carbocycles. The first-order valence-corrected chi connectivity index (χ1v) is 12.5. The van der Waals surface area contributed by atoms with E-state index in [9.17, 15) is 9.18 Å². The van der Waals surface area contributed by atoms with Gasteiger partial charge in [-0.15, -0.1) is 0 Å². The van der Waals surface area contributed by atoms with Crippen molar-refractivity contribution in [3.05, 3.63) is 103 Å². The average molecular weight is 536 g/mol. The van der Waals surface area contributed by atoms with E-state index in [1.807, 2.05) is 43.4 Å². The van der Waals surface area contributed by atoms with Gasteiger partial charge in [0.15, 0.2) is 5.96 Å². The van der Waals surface area contributed by atoms with E-state index in [1.54, 1.807) is 6.07 Å². The second-order valence-corrected chi connectivity index (χ2v) is 9.35. The number of hydrogen-bond donors (Lipinski definition) is 2. The van der Waals surface area contributed by atoms with Crippen LogP contribution in [0.15, 0.2) is 75.2 Å². The number of allylic oxidation sites excluding steroid dienone is 4. The van der Waals surface area contributed by atoms with Gasteiger partial charge in [0.25, 0.3) is 5.91 Å². The first kappa shape index (κ1) is 26.4. The van der Waals surface area contributed by atoms with Crippen LogP contribution in [-0.2, 0) is 12.8 Å². The minimum Gasteiger partial charge on any atom is -0.370 e. The number of fused-ring (bicyclic) bond motifs is 1. The molecule has 35 heavy (non-hydrogen) atoms. The zero-order valence-corrected chi connectivity index (χ0v) is 22.0. The molecule has 0 saturated carbocycles. The summed E-state index contributed by atoms with van der Waals surface area (Å²) >= 11 is 3.53. The first-order valence-electron chi connectivity index (χ1n) is 11.7. The molecule has 1 amide bonds. The molecule has 0 heterocycles. The van der Waals surface area contributed by atoms with E-state index < -0.39 is 11.7 Å². The van der Waals surface area contributed by atoms with Crippen molar-refractivity contribution in [2.75, 3.05) is 6.54 Å². The third-order valence-electron chi connectivity index (χ3n) is 5.89. The normalized spacial score (nSPS) is 13.7. The van der Waals surface area contributed by atoms with Crippen molar-refractivity contribution >= 4 is 39.9 Å². The van der Waals surface area contributed by atoms with Crippen LogP contribution in [0.1, 0.15) is 48.7 Å². The van der Waals surface area contributed by atoms with Crippen LogP contribution in [0.5, 0.6) is 0 Å². The monoisotopic (exact) mass is 535 g/mol. The van der Waals surface area contributed by atoms with E-state index in [2.05, 4.69) is 52.2 Å². The lowest BCUT2D eigenvalue weighted by atomic mass is 9.95. The Morgan fingerprint density at radius 1 is 1.20 bits per heavy atom. The quantitative estimate of drug-likeness (QED) is 0.273. The maximum atomic E-state index is 14.8. The number of amides is 1. The number of carbonyl (C=O) groups excluding carboxylic acids is 1. The molecule has 1 aliphatic carbocycles. The SMILES string of the molecule is C\C=C/C(=C\C=C(/C)CC)CN=C(N)NC(=O)c1cccc(F)c1CCc1cc(Br)cc2c1=CC=2. The molecule has 0 saturated heterocycles. The van der Waals surface area contributed by atoms with Crippen molar-refractivity contribution in [2.45, 2.75) is 40.0 Å². The predicted octanol–water partition coefficient (Wildman–Crippen LogP) is 4.85. The second-order valence-electron chi connectivity index (χ2n) is 8.43. The summed E-state index contributed by atoms with van der Waals surface area (Å²) in [5.74, 6) is -0.884. The van der Waals surface area contributed by atoms with Crippen LogP contribution in [0.3, 0.4) is 0 Å². The van der Waals surface area contributed by atoms with Crippen LogP contribution in [0.4, 0.5) is 4.39 Å². The van der Waals surface area contributed by atoms with Crippen LogP contribution in [-0.4, -0.2) is 18.4 Å². The summed E-state index contributed by atoms with van der Waals surface area (Å²) in [6.45, 7) is 6.42. The standard InChI is InChI=1S/C29H31BrFN3O/c1-4-7-20(11-10-19(3)5-2)18-33-29(32)34-28(35)26-8-6-9-27(31)25(26)15-13-22-17-23(30)16-21-12-14-24(21)22/h4,6-12,14,16-17H,5,13,15,18H2,1-3H3,(H3,32,33,34,35)/b7-4-,19-10+,20-11+. The molecule has 0 aromatic heterocycles. The van der Waals surface area contributed by atoms with Crippen LogP contribution in [0.2, 0.25) is 0 Å². The Hall–Kier alpha value is -3.25. The molecule has 0 atom stereocenters. The van der Waals surface area contributed by atoms with E-state index in [1.165, 1.54) is 22.9 Å². The van der Waals surface area contributed by atoms with Crippen LogP contribution < -0.4 is 21.5 Å². The van der Waals surface area contributed by atoms with Crippen molar-refractivity contribution < 1.29 is 9.18 Å². The molecular weight excluding hydrogens is 505 g/mol. The van der Waals surface area contributed by atoms with Gasteiger partial charge >= 0.3 is 0 Å². The van der Waals surface area contributed by atoms with Crippen LogP contribution in [0.25, 0.3) is 12.2 Å². The van der Waals surface area contributed by atoms with Gasteiger partial charge in [-0.2, -0.15) is 0 Å². The number of carbonyl (C=O) groups is 1.